The van der Waals surface area contributed by atoms with E-state index >= 15 is 0 Å². The zero-order valence-electron chi connectivity index (χ0n) is 11.5. The molecule has 0 aliphatic rings. The van der Waals surface area contributed by atoms with E-state index in [0.29, 0.717) is 0 Å². The quantitative estimate of drug-likeness (QED) is 0.758. The Morgan fingerprint density at radius 1 is 1.05 bits per heavy atom. The molecule has 0 unspecified atom stereocenters. The molecule has 0 amide bonds. The third-order valence-corrected chi connectivity index (χ3v) is 4.23. The second-order valence-corrected chi connectivity index (χ2v) is 6.44. The maximum absolute atomic E-state index is 5.39. The predicted octanol–water partition coefficient (Wildman–Crippen LogP) is 5.07. The van der Waals surface area contributed by atoms with Crippen molar-refractivity contribution >= 4 is 31.9 Å². The van der Waals surface area contributed by atoms with Gasteiger partial charge in [-0.25, -0.2) is 0 Å². The van der Waals surface area contributed by atoms with Gasteiger partial charge in [0.25, 0.3) is 0 Å². The highest BCUT2D eigenvalue weighted by Crippen LogP contribution is 2.24. The third kappa shape index (κ3) is 4.08. The largest absolute Gasteiger partial charge is 0.496 e. The first-order valence-corrected chi connectivity index (χ1v) is 8.00. The van der Waals surface area contributed by atoms with Crippen molar-refractivity contribution in [3.8, 4) is 5.75 Å². The summed E-state index contributed by atoms with van der Waals surface area (Å²) in [6.07, 6.45) is 0. The Morgan fingerprint density at radius 2 is 1.70 bits per heavy atom. The van der Waals surface area contributed by atoms with Crippen LogP contribution >= 0.6 is 31.9 Å². The van der Waals surface area contributed by atoms with Gasteiger partial charge in [0.05, 0.1) is 7.11 Å². The molecule has 0 aliphatic carbocycles. The van der Waals surface area contributed by atoms with Crippen molar-refractivity contribution in [1.82, 2.24) is 5.32 Å². The number of hydrogen-bond acceptors (Lipinski definition) is 2. The van der Waals surface area contributed by atoms with E-state index in [1.807, 2.05) is 12.1 Å². The molecule has 1 N–H and O–H groups in total. The summed E-state index contributed by atoms with van der Waals surface area (Å²) in [6.45, 7) is 2.92. The van der Waals surface area contributed by atoms with Crippen molar-refractivity contribution in [1.29, 1.82) is 0 Å². The van der Waals surface area contributed by atoms with Gasteiger partial charge < -0.3 is 10.1 Å². The summed E-state index contributed by atoms with van der Waals surface area (Å²) in [6, 6.07) is 14.7. The summed E-state index contributed by atoms with van der Waals surface area (Å²) in [4.78, 5) is 0. The topological polar surface area (TPSA) is 21.3 Å². The van der Waals surface area contributed by atoms with Crippen LogP contribution in [0.25, 0.3) is 0 Å². The number of benzene rings is 2. The number of nitrogens with one attached hydrogen (secondary N) is 1. The Bertz CT molecular complexity index is 569. The van der Waals surface area contributed by atoms with E-state index in [1.54, 1.807) is 7.11 Å². The highest BCUT2D eigenvalue weighted by molar-refractivity contribution is 9.10. The highest BCUT2D eigenvalue weighted by Gasteiger charge is 2.08. The first kappa shape index (κ1) is 15.5. The second-order valence-electron chi connectivity index (χ2n) is 4.61. The molecule has 0 saturated carbocycles. The maximum Gasteiger partial charge on any atom is 0.123 e. The number of ether oxygens (including phenoxy) is 1. The lowest BCUT2D eigenvalue weighted by molar-refractivity contribution is 0.406. The van der Waals surface area contributed by atoms with Crippen LogP contribution in [0.4, 0.5) is 0 Å². The van der Waals surface area contributed by atoms with Crippen LogP contribution in [-0.2, 0) is 6.54 Å². The van der Waals surface area contributed by atoms with Gasteiger partial charge >= 0.3 is 0 Å². The van der Waals surface area contributed by atoms with E-state index in [0.717, 1.165) is 26.8 Å². The summed E-state index contributed by atoms with van der Waals surface area (Å²) < 4.78 is 7.55. The van der Waals surface area contributed by atoms with E-state index in [4.69, 9.17) is 4.74 Å². The molecule has 0 aromatic heterocycles. The Hall–Kier alpha value is -0.840. The Balaban J connectivity index is 2.04. The first-order chi connectivity index (χ1) is 9.60. The van der Waals surface area contributed by atoms with Crippen molar-refractivity contribution in [2.45, 2.75) is 19.5 Å². The van der Waals surface area contributed by atoms with Crippen LogP contribution in [-0.4, -0.2) is 7.11 Å². The van der Waals surface area contributed by atoms with Crippen LogP contribution in [0.1, 0.15) is 24.1 Å². The fraction of sp³-hybridized carbons (Fsp3) is 0.250. The zero-order valence-corrected chi connectivity index (χ0v) is 14.7. The molecule has 0 bridgehead atoms. The molecule has 20 heavy (non-hydrogen) atoms. The second kappa shape index (κ2) is 7.25. The summed E-state index contributed by atoms with van der Waals surface area (Å²) in [7, 11) is 1.70. The van der Waals surface area contributed by atoms with Gasteiger partial charge in [-0.15, -0.1) is 0 Å². The molecule has 1 atom stereocenters. The maximum atomic E-state index is 5.39. The van der Waals surface area contributed by atoms with Crippen LogP contribution in [0.5, 0.6) is 5.75 Å². The van der Waals surface area contributed by atoms with E-state index in [2.05, 4.69) is 74.4 Å². The average molecular weight is 399 g/mol. The van der Waals surface area contributed by atoms with E-state index in [9.17, 15) is 0 Å². The average Bonchev–Trinajstić information content (AvgIpc) is 2.45. The van der Waals surface area contributed by atoms with Crippen LogP contribution < -0.4 is 10.1 Å². The Labute approximate surface area is 136 Å². The van der Waals surface area contributed by atoms with Gasteiger partial charge in [-0.2, -0.15) is 0 Å². The molecule has 0 spiro atoms. The standard InChI is InChI=1S/C16H17Br2NO/c1-11(12-3-5-14(17)6-4-12)19-10-13-9-15(18)7-8-16(13)20-2/h3-9,11,19H,10H2,1-2H3/t11-/m0/s1. The summed E-state index contributed by atoms with van der Waals surface area (Å²) in [5, 5.41) is 3.52. The minimum atomic E-state index is 0.284. The Morgan fingerprint density at radius 3 is 2.35 bits per heavy atom. The van der Waals surface area contributed by atoms with Crippen LogP contribution in [0, 0.1) is 0 Å². The van der Waals surface area contributed by atoms with Gasteiger partial charge in [-0.1, -0.05) is 44.0 Å². The molecule has 2 rings (SSSR count). The minimum Gasteiger partial charge on any atom is -0.496 e. The molecule has 106 valence electrons. The lowest BCUT2D eigenvalue weighted by atomic mass is 10.1. The molecule has 0 aliphatic heterocycles. The fourth-order valence-electron chi connectivity index (χ4n) is 2.02. The SMILES string of the molecule is COc1ccc(Br)cc1CN[C@@H](C)c1ccc(Br)cc1. The van der Waals surface area contributed by atoms with E-state index in [1.165, 1.54) is 5.56 Å². The summed E-state index contributed by atoms with van der Waals surface area (Å²) in [5.74, 6) is 0.906. The van der Waals surface area contributed by atoms with Gasteiger partial charge in [0, 0.05) is 27.1 Å². The van der Waals surface area contributed by atoms with Crippen molar-refractivity contribution in [3.05, 3.63) is 62.5 Å². The van der Waals surface area contributed by atoms with Gasteiger partial charge in [0.1, 0.15) is 5.75 Å². The van der Waals surface area contributed by atoms with Gasteiger partial charge in [-0.3, -0.25) is 0 Å². The molecular formula is C16H17Br2NO. The van der Waals surface area contributed by atoms with Crippen molar-refractivity contribution in [3.63, 3.8) is 0 Å². The lowest BCUT2D eigenvalue weighted by Gasteiger charge is -2.16. The Kier molecular flexibility index (Phi) is 5.64. The normalized spacial score (nSPS) is 12.2. The van der Waals surface area contributed by atoms with Gasteiger partial charge in [-0.05, 0) is 42.8 Å². The number of methoxy groups -OCH3 is 1. The van der Waals surface area contributed by atoms with Gasteiger partial charge in [0.15, 0.2) is 0 Å². The number of hydrogen-bond donors (Lipinski definition) is 1. The lowest BCUT2D eigenvalue weighted by Crippen LogP contribution is -2.18. The van der Waals surface area contributed by atoms with Crippen molar-refractivity contribution in [2.24, 2.45) is 0 Å². The molecule has 2 nitrogen and oxygen atoms in total. The molecule has 4 heteroatoms. The zero-order chi connectivity index (χ0) is 14.5. The third-order valence-electron chi connectivity index (χ3n) is 3.21. The van der Waals surface area contributed by atoms with Gasteiger partial charge in [0.2, 0.25) is 0 Å². The molecule has 0 fully saturated rings. The number of rotatable bonds is 5. The fourth-order valence-corrected chi connectivity index (χ4v) is 2.69. The van der Waals surface area contributed by atoms with E-state index < -0.39 is 0 Å². The van der Waals surface area contributed by atoms with Crippen molar-refractivity contribution < 1.29 is 4.74 Å². The highest BCUT2D eigenvalue weighted by atomic mass is 79.9. The summed E-state index contributed by atoms with van der Waals surface area (Å²) in [5.41, 5.74) is 2.41. The monoisotopic (exact) mass is 397 g/mol. The van der Waals surface area contributed by atoms with Crippen molar-refractivity contribution in [2.75, 3.05) is 7.11 Å². The minimum absolute atomic E-state index is 0.284. The van der Waals surface area contributed by atoms with Crippen LogP contribution in [0.3, 0.4) is 0 Å². The molecular weight excluding hydrogens is 382 g/mol. The van der Waals surface area contributed by atoms with Crippen LogP contribution in [0.2, 0.25) is 0 Å². The number of halogens is 2. The molecule has 2 aromatic rings. The smallest absolute Gasteiger partial charge is 0.123 e. The van der Waals surface area contributed by atoms with E-state index in [-0.39, 0.29) is 6.04 Å². The predicted molar refractivity (Wildman–Crippen MR) is 90.1 cm³/mol. The van der Waals surface area contributed by atoms with Crippen LogP contribution in [0.15, 0.2) is 51.4 Å². The molecule has 0 saturated heterocycles. The molecule has 0 radical (unpaired) electrons. The summed E-state index contributed by atoms with van der Waals surface area (Å²) >= 11 is 6.95. The first-order valence-electron chi connectivity index (χ1n) is 6.41. The molecule has 0 heterocycles. The molecule has 2 aromatic carbocycles.